The summed E-state index contributed by atoms with van der Waals surface area (Å²) < 4.78 is 41.1. The van der Waals surface area contributed by atoms with Crippen LogP contribution in [0.1, 0.15) is 20.7 Å². The number of esters is 2. The zero-order valence-electron chi connectivity index (χ0n) is 11.5. The molecule has 22 heavy (non-hydrogen) atoms. The summed E-state index contributed by atoms with van der Waals surface area (Å²) in [7, 11) is -4.61. The van der Waals surface area contributed by atoms with E-state index < -0.39 is 27.0 Å². The number of carbonyl (C=O) groups is 2. The van der Waals surface area contributed by atoms with Gasteiger partial charge < -0.3 is 9.47 Å². The lowest BCUT2D eigenvalue weighted by atomic mass is 10.1. The van der Waals surface area contributed by atoms with Crippen molar-refractivity contribution in [3.8, 4) is 0 Å². The number of benzene rings is 1. The summed E-state index contributed by atoms with van der Waals surface area (Å²) in [6.07, 6.45) is 2.65. The third kappa shape index (κ3) is 4.83. The number of ether oxygens (including phenoxy) is 2. The van der Waals surface area contributed by atoms with E-state index in [1.165, 1.54) is 12.2 Å². The van der Waals surface area contributed by atoms with Gasteiger partial charge in [0.15, 0.2) is 0 Å². The molecule has 1 rings (SSSR count). The van der Waals surface area contributed by atoms with Gasteiger partial charge in [-0.3, -0.25) is 4.55 Å². The summed E-state index contributed by atoms with van der Waals surface area (Å²) in [6.45, 7) is 6.55. The van der Waals surface area contributed by atoms with Crippen molar-refractivity contribution in [1.29, 1.82) is 0 Å². The molecule has 8 heteroatoms. The Morgan fingerprint density at radius 3 is 1.73 bits per heavy atom. The summed E-state index contributed by atoms with van der Waals surface area (Å²) >= 11 is 0. The van der Waals surface area contributed by atoms with E-state index in [9.17, 15) is 18.0 Å². The molecule has 0 aliphatic rings. The maximum Gasteiger partial charge on any atom is 0.338 e. The lowest BCUT2D eigenvalue weighted by molar-refractivity contribution is 0.0548. The lowest BCUT2D eigenvalue weighted by Crippen LogP contribution is -2.12. The highest BCUT2D eigenvalue weighted by molar-refractivity contribution is 7.85. The molecule has 0 fully saturated rings. The second-order valence-corrected chi connectivity index (χ2v) is 5.42. The number of hydrogen-bond acceptors (Lipinski definition) is 6. The molecule has 0 aromatic heterocycles. The molecule has 1 N–H and O–H groups in total. The zero-order chi connectivity index (χ0) is 16.8. The fraction of sp³-hybridized carbons (Fsp3) is 0.143. The minimum absolute atomic E-state index is 0.0921. The van der Waals surface area contributed by atoms with E-state index in [1.54, 1.807) is 0 Å². The van der Waals surface area contributed by atoms with E-state index in [0.29, 0.717) is 0 Å². The predicted octanol–water partition coefficient (Wildman–Crippen LogP) is 1.62. The lowest BCUT2D eigenvalue weighted by Gasteiger charge is -2.07. The fourth-order valence-electron chi connectivity index (χ4n) is 1.42. The van der Waals surface area contributed by atoms with Crippen LogP contribution in [-0.4, -0.2) is 38.1 Å². The van der Waals surface area contributed by atoms with Gasteiger partial charge in [-0.15, -0.1) is 0 Å². The first-order chi connectivity index (χ1) is 10.3. The third-order valence-corrected chi connectivity index (χ3v) is 3.17. The minimum atomic E-state index is -4.61. The maximum absolute atomic E-state index is 11.8. The Hall–Kier alpha value is -2.45. The normalized spacial score (nSPS) is 10.6. The van der Waals surface area contributed by atoms with Crippen LogP contribution in [0.2, 0.25) is 0 Å². The summed E-state index contributed by atoms with van der Waals surface area (Å²) in [6, 6.07) is 2.89. The van der Waals surface area contributed by atoms with E-state index in [1.807, 2.05) is 0 Å². The van der Waals surface area contributed by atoms with Crippen LogP contribution in [0, 0.1) is 0 Å². The Labute approximate surface area is 127 Å². The van der Waals surface area contributed by atoms with Gasteiger partial charge in [0, 0.05) is 0 Å². The molecule has 0 radical (unpaired) electrons. The van der Waals surface area contributed by atoms with Gasteiger partial charge in [0.1, 0.15) is 13.2 Å². The number of hydrogen-bond donors (Lipinski definition) is 1. The first-order valence-corrected chi connectivity index (χ1v) is 7.42. The van der Waals surface area contributed by atoms with E-state index in [4.69, 9.17) is 14.0 Å². The van der Waals surface area contributed by atoms with Crippen LogP contribution in [0.15, 0.2) is 48.4 Å². The molecule has 0 spiro atoms. The van der Waals surface area contributed by atoms with Gasteiger partial charge in [-0.05, 0) is 18.2 Å². The van der Waals surface area contributed by atoms with Gasteiger partial charge >= 0.3 is 11.9 Å². The maximum atomic E-state index is 11.8. The molecule has 0 aliphatic carbocycles. The predicted molar refractivity (Wildman–Crippen MR) is 77.2 cm³/mol. The average Bonchev–Trinajstić information content (AvgIpc) is 2.48. The number of rotatable bonds is 7. The highest BCUT2D eigenvalue weighted by atomic mass is 32.2. The Morgan fingerprint density at radius 2 is 1.41 bits per heavy atom. The molecular formula is C14H14O7S. The first-order valence-electron chi connectivity index (χ1n) is 5.98. The molecule has 0 aliphatic heterocycles. The van der Waals surface area contributed by atoms with E-state index in [0.717, 1.165) is 18.2 Å². The van der Waals surface area contributed by atoms with E-state index in [-0.39, 0.29) is 24.3 Å². The van der Waals surface area contributed by atoms with Gasteiger partial charge in [0.25, 0.3) is 10.1 Å². The van der Waals surface area contributed by atoms with Crippen LogP contribution in [0.4, 0.5) is 0 Å². The van der Waals surface area contributed by atoms with Crippen molar-refractivity contribution < 1.29 is 32.0 Å². The fourth-order valence-corrected chi connectivity index (χ4v) is 1.97. The van der Waals surface area contributed by atoms with Crippen molar-refractivity contribution in [3.63, 3.8) is 0 Å². The largest absolute Gasteiger partial charge is 0.458 e. The van der Waals surface area contributed by atoms with Crippen LogP contribution in [0.3, 0.4) is 0 Å². The average molecular weight is 326 g/mol. The smallest absolute Gasteiger partial charge is 0.338 e. The Balaban J connectivity index is 3.27. The first kappa shape index (κ1) is 17.6. The standard InChI is InChI=1S/C14H14O7S/c1-3-5-20-13(15)10-7-11(14(16)21-6-4-2)9-12(8-10)22(17,18)19/h3-4,7-9H,1-2,5-6H2,(H,17,18,19). The zero-order valence-corrected chi connectivity index (χ0v) is 12.3. The van der Waals surface area contributed by atoms with E-state index >= 15 is 0 Å². The molecular weight excluding hydrogens is 312 g/mol. The molecule has 7 nitrogen and oxygen atoms in total. The molecule has 118 valence electrons. The van der Waals surface area contributed by atoms with Gasteiger partial charge in [0.2, 0.25) is 0 Å². The molecule has 0 atom stereocenters. The molecule has 1 aromatic rings. The van der Waals surface area contributed by atoms with Crippen molar-refractivity contribution in [2.45, 2.75) is 4.90 Å². The van der Waals surface area contributed by atoms with Crippen molar-refractivity contribution in [2.24, 2.45) is 0 Å². The van der Waals surface area contributed by atoms with Crippen LogP contribution in [-0.2, 0) is 19.6 Å². The van der Waals surface area contributed by atoms with Crippen molar-refractivity contribution in [3.05, 3.63) is 54.6 Å². The van der Waals surface area contributed by atoms with E-state index in [2.05, 4.69) is 13.2 Å². The summed E-state index contributed by atoms with van der Waals surface area (Å²) in [5, 5.41) is 0. The highest BCUT2D eigenvalue weighted by Gasteiger charge is 2.19. The van der Waals surface area contributed by atoms with Gasteiger partial charge in [-0.1, -0.05) is 25.3 Å². The second-order valence-electron chi connectivity index (χ2n) is 4.00. The molecule has 0 bridgehead atoms. The van der Waals surface area contributed by atoms with Crippen LogP contribution < -0.4 is 0 Å². The molecule has 0 heterocycles. The molecule has 1 aromatic carbocycles. The highest BCUT2D eigenvalue weighted by Crippen LogP contribution is 2.17. The summed E-state index contributed by atoms with van der Waals surface area (Å²) in [5.41, 5.74) is -0.440. The Morgan fingerprint density at radius 1 is 1.00 bits per heavy atom. The Kier molecular flexibility index (Phi) is 6.02. The quantitative estimate of drug-likeness (QED) is 0.461. The van der Waals surface area contributed by atoms with Crippen LogP contribution >= 0.6 is 0 Å². The SMILES string of the molecule is C=CCOC(=O)c1cc(C(=O)OCC=C)cc(S(=O)(=O)O)c1. The van der Waals surface area contributed by atoms with Crippen LogP contribution in [0.5, 0.6) is 0 Å². The van der Waals surface area contributed by atoms with Crippen molar-refractivity contribution in [1.82, 2.24) is 0 Å². The Bertz CT molecular complexity index is 662. The summed E-state index contributed by atoms with van der Waals surface area (Å²) in [5.74, 6) is -1.74. The third-order valence-electron chi connectivity index (χ3n) is 2.34. The molecule has 0 unspecified atom stereocenters. The second kappa shape index (κ2) is 7.53. The minimum Gasteiger partial charge on any atom is -0.458 e. The topological polar surface area (TPSA) is 107 Å². The summed E-state index contributed by atoms with van der Waals surface area (Å²) in [4.78, 5) is 22.9. The molecule has 0 saturated heterocycles. The van der Waals surface area contributed by atoms with Gasteiger partial charge in [0.05, 0.1) is 16.0 Å². The molecule has 0 saturated carbocycles. The number of carbonyl (C=O) groups excluding carboxylic acids is 2. The van der Waals surface area contributed by atoms with Crippen molar-refractivity contribution >= 4 is 22.1 Å². The molecule has 0 amide bonds. The van der Waals surface area contributed by atoms with Crippen LogP contribution in [0.25, 0.3) is 0 Å². The van der Waals surface area contributed by atoms with Crippen molar-refractivity contribution in [2.75, 3.05) is 13.2 Å². The monoisotopic (exact) mass is 326 g/mol. The van der Waals surface area contributed by atoms with Gasteiger partial charge in [-0.25, -0.2) is 9.59 Å². The van der Waals surface area contributed by atoms with Gasteiger partial charge in [-0.2, -0.15) is 8.42 Å².